The van der Waals surface area contributed by atoms with Gasteiger partial charge in [-0.1, -0.05) is 44.9 Å². The number of benzene rings is 1. The molecule has 0 aliphatic heterocycles. The van der Waals surface area contributed by atoms with E-state index >= 15 is 0 Å². The molecule has 3 unspecified atom stereocenters. The lowest BCUT2D eigenvalue weighted by Gasteiger charge is -2.36. The number of rotatable bonds is 5. The van der Waals surface area contributed by atoms with Crippen LogP contribution in [0.1, 0.15) is 45.6 Å². The summed E-state index contributed by atoms with van der Waals surface area (Å²) in [6.45, 7) is 8.30. The van der Waals surface area contributed by atoms with E-state index in [9.17, 15) is 13.2 Å². The van der Waals surface area contributed by atoms with Crippen molar-refractivity contribution in [2.75, 3.05) is 5.75 Å². The van der Waals surface area contributed by atoms with Crippen LogP contribution < -0.4 is 0 Å². The Morgan fingerprint density at radius 3 is 2.42 bits per heavy atom. The van der Waals surface area contributed by atoms with Gasteiger partial charge in [-0.2, -0.15) is 0 Å². The Balaban J connectivity index is 2.04. The standard InChI is InChI=1S/C19H28O4S/c1-13(2)17-10-7-15(4)11-18(17)23-19(20)12-24(21,22)16-8-5-14(3)6-9-16/h5-6,8-9,13,15,17-18H,7,10-12H2,1-4H3. The quantitative estimate of drug-likeness (QED) is 0.757. The molecule has 1 aromatic rings. The van der Waals surface area contributed by atoms with Crippen molar-refractivity contribution in [2.24, 2.45) is 17.8 Å². The summed E-state index contributed by atoms with van der Waals surface area (Å²) >= 11 is 0. The van der Waals surface area contributed by atoms with E-state index in [2.05, 4.69) is 20.8 Å². The van der Waals surface area contributed by atoms with Crippen molar-refractivity contribution in [1.82, 2.24) is 0 Å². The molecule has 3 atom stereocenters. The van der Waals surface area contributed by atoms with Gasteiger partial charge in [-0.15, -0.1) is 0 Å². The molecule has 1 aromatic carbocycles. The summed E-state index contributed by atoms with van der Waals surface area (Å²) in [5.41, 5.74) is 0.979. The first-order valence-electron chi connectivity index (χ1n) is 8.68. The average molecular weight is 352 g/mol. The Morgan fingerprint density at radius 1 is 1.21 bits per heavy atom. The van der Waals surface area contributed by atoms with Crippen molar-refractivity contribution in [2.45, 2.75) is 58.0 Å². The number of ether oxygens (including phenoxy) is 1. The van der Waals surface area contributed by atoms with Gasteiger partial charge in [-0.25, -0.2) is 8.42 Å². The molecule has 0 radical (unpaired) electrons. The molecule has 0 amide bonds. The van der Waals surface area contributed by atoms with Crippen LogP contribution in [0.4, 0.5) is 0 Å². The maximum atomic E-state index is 12.4. The highest BCUT2D eigenvalue weighted by Crippen LogP contribution is 2.35. The first-order chi connectivity index (χ1) is 11.2. The zero-order chi connectivity index (χ0) is 17.9. The van der Waals surface area contributed by atoms with Crippen molar-refractivity contribution in [3.8, 4) is 0 Å². The monoisotopic (exact) mass is 352 g/mol. The van der Waals surface area contributed by atoms with Gasteiger partial charge in [0.05, 0.1) is 4.90 Å². The predicted molar refractivity (Wildman–Crippen MR) is 94.5 cm³/mol. The van der Waals surface area contributed by atoms with E-state index in [1.54, 1.807) is 12.1 Å². The Labute approximate surface area is 145 Å². The van der Waals surface area contributed by atoms with Gasteiger partial charge in [0.1, 0.15) is 6.10 Å². The number of sulfone groups is 1. The van der Waals surface area contributed by atoms with Gasteiger partial charge >= 0.3 is 5.97 Å². The summed E-state index contributed by atoms with van der Waals surface area (Å²) in [6, 6.07) is 6.54. The third-order valence-electron chi connectivity index (χ3n) is 4.93. The van der Waals surface area contributed by atoms with Gasteiger partial charge in [0.15, 0.2) is 15.6 Å². The van der Waals surface area contributed by atoms with Crippen LogP contribution in [-0.2, 0) is 19.4 Å². The van der Waals surface area contributed by atoms with Gasteiger partial charge in [0, 0.05) is 0 Å². The summed E-state index contributed by atoms with van der Waals surface area (Å²) in [5.74, 6) is 0.00855. The lowest BCUT2D eigenvalue weighted by molar-refractivity contribution is -0.152. The maximum Gasteiger partial charge on any atom is 0.321 e. The second-order valence-electron chi connectivity index (χ2n) is 7.43. The minimum atomic E-state index is -3.65. The summed E-state index contributed by atoms with van der Waals surface area (Å²) in [4.78, 5) is 12.4. The number of hydrogen-bond donors (Lipinski definition) is 0. The number of carbonyl (C=O) groups is 1. The zero-order valence-electron chi connectivity index (χ0n) is 15.0. The van der Waals surface area contributed by atoms with E-state index in [4.69, 9.17) is 4.74 Å². The van der Waals surface area contributed by atoms with Crippen LogP contribution in [-0.4, -0.2) is 26.2 Å². The summed E-state index contributed by atoms with van der Waals surface area (Å²) < 4.78 is 30.3. The SMILES string of the molecule is Cc1ccc(S(=O)(=O)CC(=O)OC2CC(C)CCC2C(C)C)cc1. The number of aryl methyl sites for hydroxylation is 1. The lowest BCUT2D eigenvalue weighted by Crippen LogP contribution is -2.37. The highest BCUT2D eigenvalue weighted by atomic mass is 32.2. The molecule has 5 heteroatoms. The Bertz CT molecular complexity index is 661. The molecule has 0 saturated heterocycles. The highest BCUT2D eigenvalue weighted by molar-refractivity contribution is 7.92. The minimum Gasteiger partial charge on any atom is -0.461 e. The molecule has 0 spiro atoms. The molecule has 0 bridgehead atoms. The Morgan fingerprint density at radius 2 is 1.83 bits per heavy atom. The van der Waals surface area contributed by atoms with E-state index < -0.39 is 21.6 Å². The molecular formula is C19H28O4S. The topological polar surface area (TPSA) is 60.4 Å². The number of hydrogen-bond acceptors (Lipinski definition) is 4. The molecule has 0 N–H and O–H groups in total. The van der Waals surface area contributed by atoms with Gasteiger partial charge in [0.25, 0.3) is 0 Å². The Kier molecular flexibility index (Phi) is 6.07. The molecule has 2 rings (SSSR count). The van der Waals surface area contributed by atoms with Gasteiger partial charge < -0.3 is 4.74 Å². The molecule has 0 heterocycles. The largest absolute Gasteiger partial charge is 0.461 e. The van der Waals surface area contributed by atoms with Crippen LogP contribution in [0, 0.1) is 24.7 Å². The molecule has 1 aliphatic rings. The van der Waals surface area contributed by atoms with Crippen LogP contribution in [0.15, 0.2) is 29.2 Å². The van der Waals surface area contributed by atoms with Crippen LogP contribution >= 0.6 is 0 Å². The summed E-state index contributed by atoms with van der Waals surface area (Å²) in [6.07, 6.45) is 2.81. The van der Waals surface area contributed by atoms with Crippen LogP contribution in [0.25, 0.3) is 0 Å². The molecule has 0 aromatic heterocycles. The van der Waals surface area contributed by atoms with Crippen LogP contribution in [0.2, 0.25) is 0 Å². The maximum absolute atomic E-state index is 12.4. The van der Waals surface area contributed by atoms with Gasteiger partial charge in [-0.05, 0) is 49.7 Å². The molecular weight excluding hydrogens is 324 g/mol. The second-order valence-corrected chi connectivity index (χ2v) is 9.42. The molecule has 24 heavy (non-hydrogen) atoms. The normalized spacial score (nSPS) is 24.8. The number of esters is 1. The molecule has 1 saturated carbocycles. The fourth-order valence-electron chi connectivity index (χ4n) is 3.44. The third kappa shape index (κ3) is 4.82. The molecule has 4 nitrogen and oxygen atoms in total. The average Bonchev–Trinajstić information content (AvgIpc) is 2.46. The van der Waals surface area contributed by atoms with Crippen LogP contribution in [0.3, 0.4) is 0 Å². The van der Waals surface area contributed by atoms with E-state index in [0.29, 0.717) is 17.8 Å². The Hall–Kier alpha value is -1.36. The second kappa shape index (κ2) is 7.68. The third-order valence-corrected chi connectivity index (χ3v) is 6.54. The van der Waals surface area contributed by atoms with Crippen molar-refractivity contribution >= 4 is 15.8 Å². The van der Waals surface area contributed by atoms with E-state index in [1.807, 2.05) is 6.92 Å². The first kappa shape index (κ1) is 19.0. The fraction of sp³-hybridized carbons (Fsp3) is 0.632. The van der Waals surface area contributed by atoms with E-state index in [0.717, 1.165) is 24.8 Å². The highest BCUT2D eigenvalue weighted by Gasteiger charge is 2.34. The van der Waals surface area contributed by atoms with Crippen molar-refractivity contribution in [3.05, 3.63) is 29.8 Å². The zero-order valence-corrected chi connectivity index (χ0v) is 15.8. The van der Waals surface area contributed by atoms with Gasteiger partial charge in [0.2, 0.25) is 0 Å². The molecule has 1 aliphatic carbocycles. The van der Waals surface area contributed by atoms with Crippen molar-refractivity contribution in [3.63, 3.8) is 0 Å². The van der Waals surface area contributed by atoms with E-state index in [-0.39, 0.29) is 11.0 Å². The fourth-order valence-corrected chi connectivity index (χ4v) is 4.53. The van der Waals surface area contributed by atoms with Crippen LogP contribution in [0.5, 0.6) is 0 Å². The minimum absolute atomic E-state index is 0.169. The summed E-state index contributed by atoms with van der Waals surface area (Å²) in [7, 11) is -3.65. The summed E-state index contributed by atoms with van der Waals surface area (Å²) in [5, 5.41) is 0. The lowest BCUT2D eigenvalue weighted by atomic mass is 9.75. The van der Waals surface area contributed by atoms with Gasteiger partial charge in [-0.3, -0.25) is 4.79 Å². The van der Waals surface area contributed by atoms with Crippen molar-refractivity contribution in [1.29, 1.82) is 0 Å². The molecule has 134 valence electrons. The first-order valence-corrected chi connectivity index (χ1v) is 10.3. The predicted octanol–water partition coefficient (Wildman–Crippen LogP) is 3.77. The molecule has 1 fully saturated rings. The number of carbonyl (C=O) groups excluding carboxylic acids is 1. The van der Waals surface area contributed by atoms with E-state index in [1.165, 1.54) is 12.1 Å². The van der Waals surface area contributed by atoms with Crippen molar-refractivity contribution < 1.29 is 17.9 Å². The smallest absolute Gasteiger partial charge is 0.321 e.